The molecule has 2 N–H and O–H groups in total. The first-order chi connectivity index (χ1) is 4.73. The van der Waals surface area contributed by atoms with E-state index in [0.717, 1.165) is 0 Å². The van der Waals surface area contributed by atoms with Gasteiger partial charge in [0.05, 0.1) is 5.71 Å². The van der Waals surface area contributed by atoms with Gasteiger partial charge < -0.3 is 10.3 Å². The molecule has 0 aliphatic heterocycles. The molecule has 0 radical (unpaired) electrons. The van der Waals surface area contributed by atoms with Gasteiger partial charge in [0.25, 0.3) is 0 Å². The van der Waals surface area contributed by atoms with Crippen LogP contribution in [0.1, 0.15) is 34.6 Å². The molecule has 0 rings (SSSR count). The van der Waals surface area contributed by atoms with E-state index in [4.69, 9.17) is 5.21 Å². The Morgan fingerprint density at radius 3 is 1.64 bits per heavy atom. The standard InChI is InChI=1S/C8H17NO2/c1-6(9-11)8(5,10)7(2,3)4/h10-11H,1-5H3/b9-6-/t8-/m0/s1. The van der Waals surface area contributed by atoms with Crippen LogP contribution < -0.4 is 0 Å². The zero-order valence-electron chi connectivity index (χ0n) is 7.84. The summed E-state index contributed by atoms with van der Waals surface area (Å²) in [5, 5.41) is 21.3. The molecule has 0 saturated carbocycles. The lowest BCUT2D eigenvalue weighted by atomic mass is 9.75. The van der Waals surface area contributed by atoms with Crippen LogP contribution in [0.15, 0.2) is 5.16 Å². The zero-order chi connectivity index (χ0) is 9.28. The van der Waals surface area contributed by atoms with Gasteiger partial charge >= 0.3 is 0 Å². The molecule has 1 atom stereocenters. The minimum absolute atomic E-state index is 0.316. The summed E-state index contributed by atoms with van der Waals surface area (Å²) < 4.78 is 0. The Kier molecular flexibility index (Phi) is 2.67. The normalized spacial score (nSPS) is 19.6. The molecular weight excluding hydrogens is 142 g/mol. The second kappa shape index (κ2) is 2.81. The molecule has 0 aliphatic carbocycles. The predicted molar refractivity (Wildman–Crippen MR) is 45.0 cm³/mol. The summed E-state index contributed by atoms with van der Waals surface area (Å²) >= 11 is 0. The van der Waals surface area contributed by atoms with Crippen LogP contribution in [-0.4, -0.2) is 21.6 Å². The molecule has 0 unspecified atom stereocenters. The molecule has 0 fully saturated rings. The maximum absolute atomic E-state index is 9.83. The van der Waals surface area contributed by atoms with Gasteiger partial charge in [0.15, 0.2) is 0 Å². The van der Waals surface area contributed by atoms with Crippen LogP contribution in [-0.2, 0) is 0 Å². The fourth-order valence-corrected chi connectivity index (χ4v) is 0.640. The Labute approximate surface area is 67.7 Å². The summed E-state index contributed by atoms with van der Waals surface area (Å²) in [6.07, 6.45) is 0. The summed E-state index contributed by atoms with van der Waals surface area (Å²) in [7, 11) is 0. The van der Waals surface area contributed by atoms with E-state index in [1.807, 2.05) is 20.8 Å². The number of nitrogens with zero attached hydrogens (tertiary/aromatic N) is 1. The predicted octanol–water partition coefficient (Wildman–Crippen LogP) is 1.63. The minimum Gasteiger partial charge on any atom is -0.411 e. The van der Waals surface area contributed by atoms with Crippen LogP contribution in [0.2, 0.25) is 0 Å². The second-order valence-corrected chi connectivity index (χ2v) is 4.01. The number of hydrogen-bond acceptors (Lipinski definition) is 3. The van der Waals surface area contributed by atoms with E-state index >= 15 is 0 Å². The number of oxime groups is 1. The molecule has 0 bridgehead atoms. The van der Waals surface area contributed by atoms with Gasteiger partial charge in [0.1, 0.15) is 5.60 Å². The summed E-state index contributed by atoms with van der Waals surface area (Å²) in [4.78, 5) is 0. The van der Waals surface area contributed by atoms with Gasteiger partial charge in [-0.1, -0.05) is 25.9 Å². The van der Waals surface area contributed by atoms with Crippen LogP contribution in [0.4, 0.5) is 0 Å². The van der Waals surface area contributed by atoms with Crippen LogP contribution in [0.25, 0.3) is 0 Å². The molecular formula is C8H17NO2. The van der Waals surface area contributed by atoms with Crippen molar-refractivity contribution in [2.75, 3.05) is 0 Å². The molecule has 0 aliphatic rings. The summed E-state index contributed by atoms with van der Waals surface area (Å²) in [5.41, 5.74) is -1.03. The Hall–Kier alpha value is -0.570. The van der Waals surface area contributed by atoms with E-state index in [0.29, 0.717) is 5.71 Å². The highest BCUT2D eigenvalue weighted by atomic mass is 16.4. The van der Waals surface area contributed by atoms with Gasteiger partial charge in [0.2, 0.25) is 0 Å². The molecule has 0 aromatic carbocycles. The first-order valence-electron chi connectivity index (χ1n) is 3.65. The largest absolute Gasteiger partial charge is 0.411 e. The molecule has 0 amide bonds. The lowest BCUT2D eigenvalue weighted by molar-refractivity contribution is 0.0193. The smallest absolute Gasteiger partial charge is 0.108 e. The first kappa shape index (κ1) is 10.4. The molecule has 66 valence electrons. The highest BCUT2D eigenvalue weighted by Crippen LogP contribution is 2.30. The molecule has 0 spiro atoms. The average molecular weight is 159 g/mol. The zero-order valence-corrected chi connectivity index (χ0v) is 7.84. The van der Waals surface area contributed by atoms with Crippen LogP contribution >= 0.6 is 0 Å². The van der Waals surface area contributed by atoms with E-state index in [9.17, 15) is 5.11 Å². The van der Waals surface area contributed by atoms with Gasteiger partial charge in [-0.2, -0.15) is 0 Å². The summed E-state index contributed by atoms with van der Waals surface area (Å²) in [5.74, 6) is 0. The minimum atomic E-state index is -1.05. The Morgan fingerprint density at radius 1 is 1.18 bits per heavy atom. The van der Waals surface area contributed by atoms with Crippen molar-refractivity contribution in [1.82, 2.24) is 0 Å². The van der Waals surface area contributed by atoms with Gasteiger partial charge in [0, 0.05) is 0 Å². The molecule has 0 saturated heterocycles. The SMILES string of the molecule is C/C(=N/O)[C@](C)(O)C(C)(C)C. The van der Waals surface area contributed by atoms with E-state index < -0.39 is 5.60 Å². The molecule has 3 heteroatoms. The van der Waals surface area contributed by atoms with E-state index in [-0.39, 0.29) is 5.41 Å². The lowest BCUT2D eigenvalue weighted by Crippen LogP contribution is -2.46. The Bertz CT molecular complexity index is 165. The second-order valence-electron chi connectivity index (χ2n) is 4.01. The van der Waals surface area contributed by atoms with Crippen molar-refractivity contribution in [1.29, 1.82) is 0 Å². The van der Waals surface area contributed by atoms with E-state index in [1.165, 1.54) is 0 Å². The number of hydrogen-bond donors (Lipinski definition) is 2. The van der Waals surface area contributed by atoms with Crippen molar-refractivity contribution in [3.05, 3.63) is 0 Å². The average Bonchev–Trinajstić information content (AvgIpc) is 1.83. The number of rotatable bonds is 1. The Balaban J connectivity index is 4.74. The number of aliphatic hydroxyl groups is 1. The maximum Gasteiger partial charge on any atom is 0.108 e. The molecule has 0 aromatic heterocycles. The molecule has 3 nitrogen and oxygen atoms in total. The third kappa shape index (κ3) is 1.93. The van der Waals surface area contributed by atoms with Crippen LogP contribution in [0.3, 0.4) is 0 Å². The highest BCUT2D eigenvalue weighted by Gasteiger charge is 2.38. The third-order valence-electron chi connectivity index (χ3n) is 2.31. The van der Waals surface area contributed by atoms with Gasteiger partial charge in [-0.15, -0.1) is 0 Å². The van der Waals surface area contributed by atoms with Crippen LogP contribution in [0, 0.1) is 5.41 Å². The van der Waals surface area contributed by atoms with Crippen molar-refractivity contribution in [2.24, 2.45) is 10.6 Å². The van der Waals surface area contributed by atoms with Crippen LogP contribution in [0.5, 0.6) is 0 Å². The quantitative estimate of drug-likeness (QED) is 0.347. The van der Waals surface area contributed by atoms with E-state index in [2.05, 4.69) is 5.16 Å². The van der Waals surface area contributed by atoms with Gasteiger partial charge in [-0.05, 0) is 19.3 Å². The van der Waals surface area contributed by atoms with Crippen molar-refractivity contribution in [3.8, 4) is 0 Å². The summed E-state index contributed by atoms with van der Waals surface area (Å²) in [6, 6.07) is 0. The molecule has 11 heavy (non-hydrogen) atoms. The van der Waals surface area contributed by atoms with Gasteiger partial charge in [-0.3, -0.25) is 0 Å². The topological polar surface area (TPSA) is 52.8 Å². The fraction of sp³-hybridized carbons (Fsp3) is 0.875. The fourth-order valence-electron chi connectivity index (χ4n) is 0.640. The highest BCUT2D eigenvalue weighted by molar-refractivity contribution is 5.90. The van der Waals surface area contributed by atoms with Crippen molar-refractivity contribution >= 4 is 5.71 Å². The Morgan fingerprint density at radius 2 is 1.55 bits per heavy atom. The van der Waals surface area contributed by atoms with Crippen molar-refractivity contribution < 1.29 is 10.3 Å². The lowest BCUT2D eigenvalue weighted by Gasteiger charge is -2.36. The van der Waals surface area contributed by atoms with Crippen molar-refractivity contribution in [3.63, 3.8) is 0 Å². The maximum atomic E-state index is 9.83. The molecule has 0 aromatic rings. The van der Waals surface area contributed by atoms with Crippen molar-refractivity contribution in [2.45, 2.75) is 40.2 Å². The third-order valence-corrected chi connectivity index (χ3v) is 2.31. The summed E-state index contributed by atoms with van der Waals surface area (Å²) in [6.45, 7) is 8.92. The van der Waals surface area contributed by atoms with Gasteiger partial charge in [-0.25, -0.2) is 0 Å². The monoisotopic (exact) mass is 159 g/mol. The van der Waals surface area contributed by atoms with E-state index in [1.54, 1.807) is 13.8 Å². The first-order valence-corrected chi connectivity index (χ1v) is 3.65. The molecule has 0 heterocycles.